The molecule has 1 atom stereocenters. The topological polar surface area (TPSA) is 120 Å². The number of benzene rings is 1. The van der Waals surface area contributed by atoms with Crippen LogP contribution in [0.4, 0.5) is 5.69 Å². The van der Waals surface area contributed by atoms with E-state index >= 15 is 0 Å². The largest absolute Gasteiger partial charge is 0.383 e. The molecule has 0 unspecified atom stereocenters. The van der Waals surface area contributed by atoms with Gasteiger partial charge in [0.25, 0.3) is 11.8 Å². The second kappa shape index (κ2) is 9.76. The molecule has 1 aliphatic carbocycles. The van der Waals surface area contributed by atoms with Gasteiger partial charge < -0.3 is 25.3 Å². The lowest BCUT2D eigenvalue weighted by Gasteiger charge is -2.36. The summed E-state index contributed by atoms with van der Waals surface area (Å²) in [5.74, 6) is -1.04. The van der Waals surface area contributed by atoms with Gasteiger partial charge in [0.2, 0.25) is 5.91 Å². The number of methoxy groups -OCH3 is 1. The van der Waals surface area contributed by atoms with Gasteiger partial charge in [0, 0.05) is 36.4 Å². The van der Waals surface area contributed by atoms with Crippen molar-refractivity contribution in [2.45, 2.75) is 51.1 Å². The fraction of sp³-hybridized carbons (Fsp3) is 0.500. The molecule has 1 spiro atoms. The van der Waals surface area contributed by atoms with E-state index in [9.17, 15) is 14.4 Å². The Balaban J connectivity index is 1.48. The lowest BCUT2D eigenvalue weighted by Crippen LogP contribution is -2.39. The number of primary amides is 1. The first-order chi connectivity index (χ1) is 16.3. The summed E-state index contributed by atoms with van der Waals surface area (Å²) in [4.78, 5) is 44.4. The number of nitrogens with zero attached hydrogens (tertiary/aromatic N) is 3. The normalized spacial score (nSPS) is 23.3. The van der Waals surface area contributed by atoms with Crippen LogP contribution < -0.4 is 16.0 Å². The zero-order valence-corrected chi connectivity index (χ0v) is 20.2. The van der Waals surface area contributed by atoms with Gasteiger partial charge in [0.05, 0.1) is 18.3 Å². The van der Waals surface area contributed by atoms with E-state index in [4.69, 9.17) is 22.1 Å². The number of anilines is 1. The predicted octanol–water partition coefficient (Wildman–Crippen LogP) is 2.94. The average molecular weight is 488 g/mol. The van der Waals surface area contributed by atoms with Crippen molar-refractivity contribution in [1.29, 1.82) is 0 Å². The second-order valence-corrected chi connectivity index (χ2v) is 9.68. The Hall–Kier alpha value is -2.91. The van der Waals surface area contributed by atoms with E-state index in [0.717, 1.165) is 12.1 Å². The van der Waals surface area contributed by atoms with Gasteiger partial charge in [-0.1, -0.05) is 17.7 Å². The Labute approximate surface area is 203 Å². The molecule has 3 amide bonds. The molecule has 2 aromatic rings. The molecule has 1 aliphatic heterocycles. The second-order valence-electron chi connectivity index (χ2n) is 9.24. The number of rotatable bonds is 7. The number of hydrogen-bond donors (Lipinski definition) is 2. The van der Waals surface area contributed by atoms with Crippen LogP contribution in [0.25, 0.3) is 0 Å². The van der Waals surface area contributed by atoms with Crippen LogP contribution in [0.2, 0.25) is 5.02 Å². The van der Waals surface area contributed by atoms with Gasteiger partial charge in [-0.3, -0.25) is 14.4 Å². The Kier molecular flexibility index (Phi) is 6.95. The molecule has 1 saturated heterocycles. The minimum Gasteiger partial charge on any atom is -0.383 e. The first-order valence-corrected chi connectivity index (χ1v) is 11.9. The van der Waals surface area contributed by atoms with Crippen molar-refractivity contribution in [2.24, 2.45) is 11.1 Å². The summed E-state index contributed by atoms with van der Waals surface area (Å²) in [6, 6.07) is 7.05. The SMILES string of the molecule is COC[C@@H](C)NC(=O)c1ncn(C2CCC3(CC2)CCN(c2cccc(Cl)c2)C3=O)c1C(N)=O. The molecular weight excluding hydrogens is 458 g/mol. The predicted molar refractivity (Wildman–Crippen MR) is 128 cm³/mol. The van der Waals surface area contributed by atoms with Gasteiger partial charge in [0.15, 0.2) is 5.69 Å². The molecule has 0 bridgehead atoms. The highest BCUT2D eigenvalue weighted by Crippen LogP contribution is 2.49. The summed E-state index contributed by atoms with van der Waals surface area (Å²) in [5, 5.41) is 3.37. The summed E-state index contributed by atoms with van der Waals surface area (Å²) in [6.07, 6.45) is 5.04. The van der Waals surface area contributed by atoms with Gasteiger partial charge in [0.1, 0.15) is 5.69 Å². The maximum atomic E-state index is 13.4. The molecule has 182 valence electrons. The van der Waals surface area contributed by atoms with E-state index in [-0.39, 0.29) is 29.4 Å². The van der Waals surface area contributed by atoms with E-state index in [1.54, 1.807) is 24.7 Å². The summed E-state index contributed by atoms with van der Waals surface area (Å²) in [6.45, 7) is 2.79. The minimum atomic E-state index is -0.702. The van der Waals surface area contributed by atoms with E-state index < -0.39 is 17.2 Å². The smallest absolute Gasteiger partial charge is 0.272 e. The maximum absolute atomic E-state index is 13.4. The highest BCUT2D eigenvalue weighted by atomic mass is 35.5. The van der Waals surface area contributed by atoms with Crippen molar-refractivity contribution >= 4 is 35.0 Å². The number of nitrogens with two attached hydrogens (primary N) is 1. The molecule has 9 nitrogen and oxygen atoms in total. The van der Waals surface area contributed by atoms with Crippen molar-refractivity contribution in [3.8, 4) is 0 Å². The number of halogens is 1. The average Bonchev–Trinajstić information content (AvgIpc) is 3.37. The van der Waals surface area contributed by atoms with Crippen molar-refractivity contribution < 1.29 is 19.1 Å². The number of ether oxygens (including phenoxy) is 1. The van der Waals surface area contributed by atoms with Gasteiger partial charge in [-0.15, -0.1) is 0 Å². The molecule has 2 fully saturated rings. The molecule has 1 aromatic heterocycles. The monoisotopic (exact) mass is 487 g/mol. The highest BCUT2D eigenvalue weighted by Gasteiger charge is 2.49. The molecule has 1 saturated carbocycles. The van der Waals surface area contributed by atoms with Crippen molar-refractivity contribution in [3.05, 3.63) is 47.0 Å². The van der Waals surface area contributed by atoms with Gasteiger partial charge in [-0.05, 0) is 57.2 Å². The van der Waals surface area contributed by atoms with Gasteiger partial charge in [-0.2, -0.15) is 0 Å². The van der Waals surface area contributed by atoms with Crippen LogP contribution in [0.3, 0.4) is 0 Å². The van der Waals surface area contributed by atoms with E-state index in [1.807, 2.05) is 23.1 Å². The quantitative estimate of drug-likeness (QED) is 0.622. The maximum Gasteiger partial charge on any atom is 0.272 e. The Morgan fingerprint density at radius 2 is 2.06 bits per heavy atom. The van der Waals surface area contributed by atoms with Crippen LogP contribution in [-0.2, 0) is 9.53 Å². The van der Waals surface area contributed by atoms with Crippen molar-refractivity contribution in [2.75, 3.05) is 25.2 Å². The van der Waals surface area contributed by atoms with E-state index in [0.29, 0.717) is 43.9 Å². The summed E-state index contributed by atoms with van der Waals surface area (Å²) >= 11 is 6.12. The molecular formula is C24H30ClN5O4. The molecule has 1 aromatic carbocycles. The third kappa shape index (κ3) is 4.54. The summed E-state index contributed by atoms with van der Waals surface area (Å²) in [5.41, 5.74) is 6.17. The molecule has 3 N–H and O–H groups in total. The van der Waals surface area contributed by atoms with Crippen molar-refractivity contribution in [1.82, 2.24) is 14.9 Å². The zero-order valence-electron chi connectivity index (χ0n) is 19.4. The number of nitrogens with one attached hydrogen (secondary N) is 1. The number of imidazole rings is 1. The van der Waals surface area contributed by atoms with Crippen LogP contribution in [0.5, 0.6) is 0 Å². The standard InChI is InChI=1S/C24H30ClN5O4/c1-15(13-34-2)28-22(32)19-20(21(26)31)30(14-27-19)17-6-8-24(9-7-17)10-11-29(23(24)33)18-5-3-4-16(25)12-18/h3-5,12,14-15,17H,6-11,13H2,1-2H3,(H2,26,31)(H,28,32)/t15-,17?,24?/m1/s1. The van der Waals surface area contributed by atoms with Crippen LogP contribution >= 0.6 is 11.6 Å². The molecule has 2 heterocycles. The van der Waals surface area contributed by atoms with Gasteiger partial charge in [-0.25, -0.2) is 4.98 Å². The highest BCUT2D eigenvalue weighted by molar-refractivity contribution is 6.31. The first kappa shape index (κ1) is 24.2. The zero-order chi connectivity index (χ0) is 24.5. The summed E-state index contributed by atoms with van der Waals surface area (Å²) in [7, 11) is 1.55. The van der Waals surface area contributed by atoms with E-state index in [1.165, 1.54) is 6.33 Å². The Morgan fingerprint density at radius 3 is 2.71 bits per heavy atom. The first-order valence-electron chi connectivity index (χ1n) is 11.5. The van der Waals surface area contributed by atoms with Crippen molar-refractivity contribution in [3.63, 3.8) is 0 Å². The lowest BCUT2D eigenvalue weighted by molar-refractivity contribution is -0.127. The number of carbonyl (C=O) groups excluding carboxylic acids is 3. The minimum absolute atomic E-state index is 0.0137. The third-order valence-corrected chi connectivity index (χ3v) is 7.21. The van der Waals surface area contributed by atoms with Crippen LogP contribution in [0, 0.1) is 5.41 Å². The number of carbonyl (C=O) groups is 3. The fourth-order valence-corrected chi connectivity index (χ4v) is 5.42. The fourth-order valence-electron chi connectivity index (χ4n) is 5.24. The van der Waals surface area contributed by atoms with E-state index in [2.05, 4.69) is 10.3 Å². The molecule has 0 radical (unpaired) electrons. The summed E-state index contributed by atoms with van der Waals surface area (Å²) < 4.78 is 6.75. The van der Waals surface area contributed by atoms with Crippen LogP contribution in [0.15, 0.2) is 30.6 Å². The molecule has 2 aliphatic rings. The third-order valence-electron chi connectivity index (χ3n) is 6.97. The molecule has 4 rings (SSSR count). The van der Waals surface area contributed by atoms with Crippen LogP contribution in [-0.4, -0.2) is 53.6 Å². The Bertz CT molecular complexity index is 1090. The van der Waals surface area contributed by atoms with Gasteiger partial charge >= 0.3 is 0 Å². The number of amides is 3. The molecule has 34 heavy (non-hydrogen) atoms. The Morgan fingerprint density at radius 1 is 1.32 bits per heavy atom. The van der Waals surface area contributed by atoms with Crippen LogP contribution in [0.1, 0.15) is 66.0 Å². The molecule has 10 heteroatoms. The number of hydrogen-bond acceptors (Lipinski definition) is 5. The number of aromatic nitrogens is 2. The lowest BCUT2D eigenvalue weighted by atomic mass is 9.71.